The maximum atomic E-state index is 5.37. The lowest BCUT2D eigenvalue weighted by Gasteiger charge is -2.25. The number of hydrogen-bond acceptors (Lipinski definition) is 3. The van der Waals surface area contributed by atoms with Crippen LogP contribution in [0.5, 0.6) is 0 Å². The average molecular weight is 159 g/mol. The van der Waals surface area contributed by atoms with E-state index in [-0.39, 0.29) is 0 Å². The van der Waals surface area contributed by atoms with Crippen LogP contribution in [-0.4, -0.2) is 51.6 Å². The molecule has 0 aromatic heterocycles. The number of rotatable bonds is 4. The second-order valence-electron chi connectivity index (χ2n) is 2.43. The lowest BCUT2D eigenvalue weighted by atomic mass is 10.4. The SMILES string of the molecule is COCCON1CC[N]CC1. The fraction of sp³-hybridized carbons (Fsp3) is 1.00. The van der Waals surface area contributed by atoms with Gasteiger partial charge in [0.1, 0.15) is 0 Å². The molecule has 0 unspecified atom stereocenters. The molecule has 0 N–H and O–H groups in total. The van der Waals surface area contributed by atoms with Gasteiger partial charge >= 0.3 is 0 Å². The first-order chi connectivity index (χ1) is 5.43. The molecule has 65 valence electrons. The van der Waals surface area contributed by atoms with Crippen LogP contribution in [0.1, 0.15) is 0 Å². The molecule has 0 aromatic rings. The van der Waals surface area contributed by atoms with Crippen molar-refractivity contribution in [3.63, 3.8) is 0 Å². The highest BCUT2D eigenvalue weighted by Gasteiger charge is 2.09. The monoisotopic (exact) mass is 159 g/mol. The maximum Gasteiger partial charge on any atom is 0.0918 e. The average Bonchev–Trinajstić information content (AvgIpc) is 2.07. The Kier molecular flexibility index (Phi) is 4.45. The van der Waals surface area contributed by atoms with E-state index >= 15 is 0 Å². The smallest absolute Gasteiger partial charge is 0.0918 e. The highest BCUT2D eigenvalue weighted by atomic mass is 16.7. The van der Waals surface area contributed by atoms with Gasteiger partial charge in [-0.15, -0.1) is 0 Å². The van der Waals surface area contributed by atoms with E-state index < -0.39 is 0 Å². The quantitative estimate of drug-likeness (QED) is 0.518. The van der Waals surface area contributed by atoms with Crippen LogP contribution in [-0.2, 0) is 9.57 Å². The van der Waals surface area contributed by atoms with Crippen molar-refractivity contribution in [2.45, 2.75) is 0 Å². The van der Waals surface area contributed by atoms with Gasteiger partial charge < -0.3 is 4.74 Å². The normalized spacial score (nSPS) is 20.5. The van der Waals surface area contributed by atoms with Gasteiger partial charge in [-0.2, -0.15) is 5.06 Å². The molecule has 1 rings (SSSR count). The van der Waals surface area contributed by atoms with Crippen LogP contribution >= 0.6 is 0 Å². The number of piperazine rings is 1. The number of nitrogens with zero attached hydrogens (tertiary/aromatic N) is 2. The second-order valence-corrected chi connectivity index (χ2v) is 2.43. The summed E-state index contributed by atoms with van der Waals surface area (Å²) in [5, 5.41) is 6.15. The van der Waals surface area contributed by atoms with Gasteiger partial charge in [0.2, 0.25) is 0 Å². The molecule has 1 heterocycles. The standard InChI is InChI=1S/C7H15N2O2/c1-10-6-7-11-9-4-2-8-3-5-9/h2-7H2,1H3. The summed E-state index contributed by atoms with van der Waals surface area (Å²) in [5.74, 6) is 0. The molecule has 0 aliphatic carbocycles. The predicted molar refractivity (Wildman–Crippen MR) is 41.3 cm³/mol. The molecular weight excluding hydrogens is 144 g/mol. The summed E-state index contributed by atoms with van der Waals surface area (Å²) in [5.41, 5.74) is 0. The lowest BCUT2D eigenvalue weighted by Crippen LogP contribution is -2.40. The van der Waals surface area contributed by atoms with Crippen molar-refractivity contribution in [3.8, 4) is 0 Å². The Bertz CT molecular complexity index is 94.4. The van der Waals surface area contributed by atoms with Gasteiger partial charge in [0, 0.05) is 33.3 Å². The Morgan fingerprint density at radius 3 is 2.64 bits per heavy atom. The minimum absolute atomic E-state index is 0.649. The molecule has 0 atom stereocenters. The van der Waals surface area contributed by atoms with Crippen molar-refractivity contribution >= 4 is 0 Å². The molecule has 0 aromatic carbocycles. The third-order valence-corrected chi connectivity index (χ3v) is 1.58. The summed E-state index contributed by atoms with van der Waals surface area (Å²) in [6.45, 7) is 4.94. The van der Waals surface area contributed by atoms with Crippen LogP contribution in [0.3, 0.4) is 0 Å². The number of hydroxylamine groups is 2. The molecule has 4 heteroatoms. The van der Waals surface area contributed by atoms with Crippen molar-refractivity contribution in [2.75, 3.05) is 46.5 Å². The molecule has 1 aliphatic heterocycles. The molecule has 4 nitrogen and oxygen atoms in total. The topological polar surface area (TPSA) is 35.8 Å². The largest absolute Gasteiger partial charge is 0.382 e. The minimum atomic E-state index is 0.649. The Balaban J connectivity index is 1.96. The van der Waals surface area contributed by atoms with Crippen molar-refractivity contribution < 1.29 is 9.57 Å². The zero-order chi connectivity index (χ0) is 7.94. The second kappa shape index (κ2) is 5.49. The molecule has 1 radical (unpaired) electrons. The molecule has 0 bridgehead atoms. The van der Waals surface area contributed by atoms with Gasteiger partial charge in [0.25, 0.3) is 0 Å². The van der Waals surface area contributed by atoms with E-state index in [9.17, 15) is 0 Å². The van der Waals surface area contributed by atoms with Gasteiger partial charge in [-0.1, -0.05) is 0 Å². The van der Waals surface area contributed by atoms with E-state index in [0.29, 0.717) is 13.2 Å². The van der Waals surface area contributed by atoms with Crippen LogP contribution in [0.4, 0.5) is 0 Å². The zero-order valence-corrected chi connectivity index (χ0v) is 6.95. The van der Waals surface area contributed by atoms with E-state index in [2.05, 4.69) is 5.32 Å². The summed E-state index contributed by atoms with van der Waals surface area (Å²) < 4.78 is 4.86. The molecule has 0 saturated carbocycles. The van der Waals surface area contributed by atoms with Gasteiger partial charge in [-0.05, 0) is 0 Å². The third kappa shape index (κ3) is 3.67. The third-order valence-electron chi connectivity index (χ3n) is 1.58. The first kappa shape index (κ1) is 8.93. The summed E-state index contributed by atoms with van der Waals surface area (Å²) in [7, 11) is 1.68. The first-order valence-electron chi connectivity index (χ1n) is 3.93. The Labute approximate surface area is 67.4 Å². The number of ether oxygens (including phenoxy) is 1. The van der Waals surface area contributed by atoms with Gasteiger partial charge in [0.15, 0.2) is 0 Å². The Hall–Kier alpha value is -0.160. The minimum Gasteiger partial charge on any atom is -0.382 e. The summed E-state index contributed by atoms with van der Waals surface area (Å²) in [6, 6.07) is 0. The summed E-state index contributed by atoms with van der Waals surface area (Å²) >= 11 is 0. The van der Waals surface area contributed by atoms with Crippen molar-refractivity contribution in [1.29, 1.82) is 0 Å². The van der Waals surface area contributed by atoms with E-state index in [1.54, 1.807) is 7.11 Å². The highest BCUT2D eigenvalue weighted by Crippen LogP contribution is 1.93. The fourth-order valence-corrected chi connectivity index (χ4v) is 0.967. The van der Waals surface area contributed by atoms with E-state index in [0.717, 1.165) is 26.2 Å². The van der Waals surface area contributed by atoms with Crippen molar-refractivity contribution in [2.24, 2.45) is 0 Å². The van der Waals surface area contributed by atoms with Gasteiger partial charge in [-0.25, -0.2) is 5.32 Å². The summed E-state index contributed by atoms with van der Waals surface area (Å²) in [4.78, 5) is 5.37. The van der Waals surface area contributed by atoms with Crippen molar-refractivity contribution in [3.05, 3.63) is 0 Å². The van der Waals surface area contributed by atoms with Crippen LogP contribution in [0, 0.1) is 0 Å². The van der Waals surface area contributed by atoms with E-state index in [4.69, 9.17) is 9.57 Å². The van der Waals surface area contributed by atoms with Gasteiger partial charge in [0.05, 0.1) is 13.2 Å². The molecule has 1 aliphatic rings. The van der Waals surface area contributed by atoms with E-state index in [1.807, 2.05) is 5.06 Å². The Morgan fingerprint density at radius 1 is 1.27 bits per heavy atom. The maximum absolute atomic E-state index is 5.37. The van der Waals surface area contributed by atoms with E-state index in [1.165, 1.54) is 0 Å². The first-order valence-corrected chi connectivity index (χ1v) is 3.93. The van der Waals surface area contributed by atoms with Crippen molar-refractivity contribution in [1.82, 2.24) is 10.4 Å². The fourth-order valence-electron chi connectivity index (χ4n) is 0.967. The molecule has 0 spiro atoms. The van der Waals surface area contributed by atoms with Crippen LogP contribution in [0.25, 0.3) is 0 Å². The van der Waals surface area contributed by atoms with Crippen LogP contribution in [0.15, 0.2) is 0 Å². The zero-order valence-electron chi connectivity index (χ0n) is 6.95. The molecular formula is C7H15N2O2. The number of hydrogen-bond donors (Lipinski definition) is 0. The van der Waals surface area contributed by atoms with Crippen LogP contribution < -0.4 is 5.32 Å². The Morgan fingerprint density at radius 2 is 2.00 bits per heavy atom. The highest BCUT2D eigenvalue weighted by molar-refractivity contribution is 4.59. The molecule has 0 amide bonds. The molecule has 11 heavy (non-hydrogen) atoms. The van der Waals surface area contributed by atoms with Gasteiger partial charge in [-0.3, -0.25) is 4.84 Å². The number of methoxy groups -OCH3 is 1. The summed E-state index contributed by atoms with van der Waals surface area (Å²) in [6.07, 6.45) is 0. The predicted octanol–water partition coefficient (Wildman–Crippen LogP) is -0.516. The lowest BCUT2D eigenvalue weighted by molar-refractivity contribution is -0.172. The molecule has 1 fully saturated rings. The molecule has 1 saturated heterocycles. The van der Waals surface area contributed by atoms with Crippen LogP contribution in [0.2, 0.25) is 0 Å².